The van der Waals surface area contributed by atoms with Crippen molar-refractivity contribution >= 4 is 33.6 Å². The predicted molar refractivity (Wildman–Crippen MR) is 205 cm³/mol. The van der Waals surface area contributed by atoms with E-state index >= 15 is 0 Å². The lowest BCUT2D eigenvalue weighted by Crippen LogP contribution is -2.45. The van der Waals surface area contributed by atoms with Crippen LogP contribution in [0.15, 0.2) is 74.2 Å². The maximum Gasteiger partial charge on any atom is 0.307 e. The minimum atomic E-state index is -0.859. The van der Waals surface area contributed by atoms with Gasteiger partial charge in [0.15, 0.2) is 0 Å². The number of ether oxygens (including phenoxy) is 1. The first-order chi connectivity index (χ1) is 24.0. The topological polar surface area (TPSA) is 112 Å². The Hall–Kier alpha value is -4.86. The number of aliphatic carboxylic acids is 1. The van der Waals surface area contributed by atoms with Crippen LogP contribution in [-0.2, 0) is 17.6 Å². The van der Waals surface area contributed by atoms with Crippen molar-refractivity contribution in [3.63, 3.8) is 0 Å². The van der Waals surface area contributed by atoms with Crippen molar-refractivity contribution in [2.45, 2.75) is 60.0 Å². The monoisotopic (exact) mass is 677 g/mol. The lowest BCUT2D eigenvalue weighted by molar-refractivity contribution is -0.136. The van der Waals surface area contributed by atoms with E-state index in [1.54, 1.807) is 20.8 Å². The number of piperazine rings is 1. The fourth-order valence-electron chi connectivity index (χ4n) is 6.20. The van der Waals surface area contributed by atoms with Gasteiger partial charge in [0.1, 0.15) is 5.75 Å². The van der Waals surface area contributed by atoms with Crippen LogP contribution < -0.4 is 9.64 Å². The van der Waals surface area contributed by atoms with Gasteiger partial charge in [-0.05, 0) is 97.6 Å². The Balaban J connectivity index is 0.000000567. The average Bonchev–Trinajstić information content (AvgIpc) is 3.10. The van der Waals surface area contributed by atoms with Crippen molar-refractivity contribution < 1.29 is 19.7 Å². The number of carboxylic acids is 1. The van der Waals surface area contributed by atoms with Crippen LogP contribution in [-0.4, -0.2) is 81.5 Å². The summed E-state index contributed by atoms with van der Waals surface area (Å²) >= 11 is 0. The molecule has 0 radical (unpaired) electrons. The maximum atomic E-state index is 12.0. The number of benzene rings is 3. The molecule has 0 atom stereocenters. The molecule has 1 fully saturated rings. The Morgan fingerprint density at radius 3 is 2.24 bits per heavy atom. The number of likely N-dealkylation sites (N-methyl/N-ethyl adjacent to an activating group) is 1. The molecule has 0 aliphatic carbocycles. The Morgan fingerprint density at radius 2 is 1.60 bits per heavy atom. The quantitative estimate of drug-likeness (QED) is 0.181. The molecule has 0 unspecified atom stereocenters. The third kappa shape index (κ3) is 8.83. The number of aromatic nitrogens is 3. The number of anilines is 1. The highest BCUT2D eigenvalue weighted by Crippen LogP contribution is 2.43. The van der Waals surface area contributed by atoms with E-state index in [1.165, 1.54) is 5.56 Å². The highest BCUT2D eigenvalue weighted by atomic mass is 16.5. The number of aryl methyl sites for hydroxylation is 1. The van der Waals surface area contributed by atoms with E-state index in [-0.39, 0.29) is 6.42 Å². The first-order valence-electron chi connectivity index (χ1n) is 17.3. The Kier molecular flexibility index (Phi) is 12.7. The molecule has 0 saturated carbocycles. The molecule has 9 heteroatoms. The normalized spacial score (nSPS) is 14.0. The van der Waals surface area contributed by atoms with E-state index in [0.717, 1.165) is 99.4 Å². The molecular formula is C41H51N5O4. The molecule has 0 amide bonds. The molecule has 3 aromatic carbocycles. The van der Waals surface area contributed by atoms with Crippen molar-refractivity contribution in [2.24, 2.45) is 0 Å². The SMILES string of the molecule is C=C.CC.CC(C)(C)O.Cc1cc2cc(-c3cnc(N4CCN(C)CC4)nc3)ccc2c(-c2ccc3c4c(ccnc24)CCO3)c1CC(=O)O. The zero-order valence-electron chi connectivity index (χ0n) is 30.6. The van der Waals surface area contributed by atoms with Gasteiger partial charge in [-0.15, -0.1) is 13.2 Å². The van der Waals surface area contributed by atoms with Crippen LogP contribution in [0.3, 0.4) is 0 Å². The second kappa shape index (κ2) is 16.7. The van der Waals surface area contributed by atoms with Crippen LogP contribution in [0, 0.1) is 6.92 Å². The predicted octanol–water partition coefficient (Wildman–Crippen LogP) is 7.74. The molecule has 264 valence electrons. The average molecular weight is 678 g/mol. The molecule has 7 rings (SSSR count). The van der Waals surface area contributed by atoms with Gasteiger partial charge in [0.2, 0.25) is 5.95 Å². The number of nitrogens with zero attached hydrogens (tertiary/aromatic N) is 5. The summed E-state index contributed by atoms with van der Waals surface area (Å²) < 4.78 is 5.96. The fourth-order valence-corrected chi connectivity index (χ4v) is 6.20. The van der Waals surface area contributed by atoms with Gasteiger partial charge in [-0.1, -0.05) is 32.0 Å². The summed E-state index contributed by atoms with van der Waals surface area (Å²) in [7, 11) is 2.14. The number of carbonyl (C=O) groups is 1. The van der Waals surface area contributed by atoms with Crippen molar-refractivity contribution in [2.75, 3.05) is 44.7 Å². The van der Waals surface area contributed by atoms with Gasteiger partial charge < -0.3 is 24.7 Å². The second-order valence-electron chi connectivity index (χ2n) is 13.2. The highest BCUT2D eigenvalue weighted by Gasteiger charge is 2.23. The first kappa shape index (κ1) is 38.0. The lowest BCUT2D eigenvalue weighted by atomic mass is 9.86. The molecule has 4 heterocycles. The Labute approximate surface area is 296 Å². The molecule has 2 aliphatic rings. The molecule has 0 bridgehead atoms. The summed E-state index contributed by atoms with van der Waals surface area (Å²) in [6.45, 7) is 21.7. The summed E-state index contributed by atoms with van der Waals surface area (Å²) in [5.74, 6) is 0.734. The second-order valence-corrected chi connectivity index (χ2v) is 13.2. The standard InChI is InChI=1S/C33H31N5O3.C4H10O.C2H6.C2H4/c1-20-15-23-16-22(24-18-35-33(36-19-24)38-12-10-37(2)11-13-38)3-4-25(23)31(27(20)17-29(39)40)26-5-6-28-30-21(8-14-41-28)7-9-34-32(26)30;1-4(2,3)5;2*1-2/h3-7,9,15-16,18-19H,8,10-14,17H2,1-2H3,(H,39,40);5H,1-3H3;1-2H3;1-2H2. The summed E-state index contributed by atoms with van der Waals surface area (Å²) in [6, 6.07) is 14.5. The van der Waals surface area contributed by atoms with Crippen LogP contribution in [0.25, 0.3) is 43.9 Å². The van der Waals surface area contributed by atoms with E-state index in [2.05, 4.69) is 64.2 Å². The number of rotatable bonds is 5. The number of pyridine rings is 1. The Bertz CT molecular complexity index is 1910. The highest BCUT2D eigenvalue weighted by molar-refractivity contribution is 6.09. The molecule has 50 heavy (non-hydrogen) atoms. The van der Waals surface area contributed by atoms with Crippen LogP contribution in [0.2, 0.25) is 0 Å². The molecule has 2 aromatic heterocycles. The third-order valence-corrected chi connectivity index (χ3v) is 8.39. The smallest absolute Gasteiger partial charge is 0.307 e. The molecule has 5 aromatic rings. The van der Waals surface area contributed by atoms with Gasteiger partial charge in [-0.25, -0.2) is 9.97 Å². The molecule has 2 aliphatic heterocycles. The van der Waals surface area contributed by atoms with Gasteiger partial charge in [-0.3, -0.25) is 9.78 Å². The minimum absolute atomic E-state index is 0.0696. The van der Waals surface area contributed by atoms with Crippen molar-refractivity contribution in [3.05, 3.63) is 90.9 Å². The van der Waals surface area contributed by atoms with Crippen LogP contribution >= 0.6 is 0 Å². The number of hydrogen-bond acceptors (Lipinski definition) is 8. The molecule has 0 spiro atoms. The van der Waals surface area contributed by atoms with Gasteiger partial charge in [-0.2, -0.15) is 0 Å². The van der Waals surface area contributed by atoms with E-state index in [0.29, 0.717) is 6.61 Å². The van der Waals surface area contributed by atoms with Crippen LogP contribution in [0.4, 0.5) is 5.95 Å². The van der Waals surface area contributed by atoms with Crippen molar-refractivity contribution in [1.82, 2.24) is 19.9 Å². The van der Waals surface area contributed by atoms with Crippen molar-refractivity contribution in [1.29, 1.82) is 0 Å². The maximum absolute atomic E-state index is 12.0. The van der Waals surface area contributed by atoms with E-state index in [9.17, 15) is 9.90 Å². The third-order valence-electron chi connectivity index (χ3n) is 8.39. The van der Waals surface area contributed by atoms with Crippen LogP contribution in [0.1, 0.15) is 51.3 Å². The summed E-state index contributed by atoms with van der Waals surface area (Å²) in [4.78, 5) is 30.7. The summed E-state index contributed by atoms with van der Waals surface area (Å²) in [5, 5.41) is 21.4. The van der Waals surface area contributed by atoms with Gasteiger partial charge in [0, 0.05) is 67.7 Å². The van der Waals surface area contributed by atoms with E-state index < -0.39 is 11.6 Å². The minimum Gasteiger partial charge on any atom is -0.493 e. The molecular weight excluding hydrogens is 626 g/mol. The largest absolute Gasteiger partial charge is 0.493 e. The molecule has 2 N–H and O–H groups in total. The number of aliphatic hydroxyl groups is 1. The number of carboxylic acid groups (broad SMARTS) is 1. The van der Waals surface area contributed by atoms with Crippen molar-refractivity contribution in [3.8, 4) is 28.0 Å². The van der Waals surface area contributed by atoms with Gasteiger partial charge >= 0.3 is 5.97 Å². The fraction of sp³-hybridized carbons (Fsp3) is 0.366. The summed E-state index contributed by atoms with van der Waals surface area (Å²) in [6.07, 6.45) is 6.38. The zero-order valence-corrected chi connectivity index (χ0v) is 30.6. The lowest BCUT2D eigenvalue weighted by Gasteiger charge is -2.32. The zero-order chi connectivity index (χ0) is 36.6. The molecule has 1 saturated heterocycles. The van der Waals surface area contributed by atoms with Gasteiger partial charge in [0.25, 0.3) is 0 Å². The summed E-state index contributed by atoms with van der Waals surface area (Å²) in [5.41, 5.74) is 7.09. The van der Waals surface area contributed by atoms with Crippen LogP contribution in [0.5, 0.6) is 5.75 Å². The van der Waals surface area contributed by atoms with Gasteiger partial charge in [0.05, 0.1) is 24.1 Å². The van der Waals surface area contributed by atoms with E-state index in [1.807, 2.05) is 57.6 Å². The first-order valence-corrected chi connectivity index (χ1v) is 17.3. The number of fused-ring (bicyclic) bond motifs is 1. The Morgan fingerprint density at radius 1 is 0.940 bits per heavy atom. The van der Waals surface area contributed by atoms with E-state index in [4.69, 9.17) is 14.8 Å². The molecule has 9 nitrogen and oxygen atoms in total. The number of hydrogen-bond donors (Lipinski definition) is 2.